The minimum Gasteiger partial charge on any atom is -0.497 e. The van der Waals surface area contributed by atoms with E-state index in [9.17, 15) is 0 Å². The lowest BCUT2D eigenvalue weighted by Crippen LogP contribution is -1.95. The van der Waals surface area contributed by atoms with E-state index in [0.717, 1.165) is 11.4 Å². The predicted molar refractivity (Wildman–Crippen MR) is 60.5 cm³/mol. The first-order valence-corrected chi connectivity index (χ1v) is 5.25. The van der Waals surface area contributed by atoms with Gasteiger partial charge >= 0.3 is 0 Å². The maximum absolute atomic E-state index is 5.23. The fourth-order valence-corrected chi connectivity index (χ4v) is 1.58. The average molecular weight is 238 g/mol. The molecule has 0 unspecified atom stereocenters. The summed E-state index contributed by atoms with van der Waals surface area (Å²) in [6.07, 6.45) is 0. The number of methoxy groups -OCH3 is 2. The molecule has 1 heterocycles. The Bertz CT molecular complexity index is 461. The highest BCUT2D eigenvalue weighted by Gasteiger charge is 2.06. The third-order valence-electron chi connectivity index (χ3n) is 1.95. The molecule has 6 nitrogen and oxygen atoms in total. The molecular weight excluding hydrogens is 228 g/mol. The molecule has 0 radical (unpaired) electrons. The van der Waals surface area contributed by atoms with Gasteiger partial charge in [-0.2, -0.15) is 0 Å². The van der Waals surface area contributed by atoms with Gasteiger partial charge in [-0.05, 0) is 17.3 Å². The second-order valence-electron chi connectivity index (χ2n) is 2.86. The van der Waals surface area contributed by atoms with Crippen LogP contribution >= 0.6 is 11.5 Å². The Morgan fingerprint density at radius 2 is 2.12 bits per heavy atom. The van der Waals surface area contributed by atoms with Crippen LogP contribution in [0, 0.1) is 0 Å². The Labute approximate surface area is 96.4 Å². The van der Waals surface area contributed by atoms with Crippen LogP contribution in [-0.2, 0) is 0 Å². The van der Waals surface area contributed by atoms with Crippen LogP contribution in [0.2, 0.25) is 0 Å². The molecule has 0 aliphatic carbocycles. The minimum absolute atomic E-state index is 0.614. The summed E-state index contributed by atoms with van der Waals surface area (Å²) in [6, 6.07) is 5.47. The first-order chi connectivity index (χ1) is 7.83. The monoisotopic (exact) mass is 238 g/mol. The summed E-state index contributed by atoms with van der Waals surface area (Å²) >= 11 is 1.18. The van der Waals surface area contributed by atoms with Gasteiger partial charge < -0.3 is 14.8 Å². The van der Waals surface area contributed by atoms with Crippen molar-refractivity contribution >= 4 is 22.4 Å². The molecule has 0 bridgehead atoms. The molecule has 16 heavy (non-hydrogen) atoms. The zero-order valence-corrected chi connectivity index (χ0v) is 9.61. The number of hydrogen-bond donors (Lipinski definition) is 1. The first kappa shape index (κ1) is 10.6. The number of ether oxygens (including phenoxy) is 2. The third kappa shape index (κ3) is 2.19. The van der Waals surface area contributed by atoms with Crippen LogP contribution in [0.4, 0.5) is 10.8 Å². The van der Waals surface area contributed by atoms with Crippen LogP contribution < -0.4 is 14.8 Å². The van der Waals surface area contributed by atoms with E-state index in [4.69, 9.17) is 9.47 Å². The van der Waals surface area contributed by atoms with Gasteiger partial charge in [-0.3, -0.25) is 0 Å². The molecule has 0 aliphatic heterocycles. The van der Waals surface area contributed by atoms with Crippen molar-refractivity contribution in [3.63, 3.8) is 0 Å². The van der Waals surface area contributed by atoms with Crippen LogP contribution in [0.3, 0.4) is 0 Å². The van der Waals surface area contributed by atoms with Gasteiger partial charge in [0.05, 0.1) is 19.9 Å². The SMILES string of the molecule is COc1ccc(Nc2nnns2)c(OC)c1. The maximum atomic E-state index is 5.23. The lowest BCUT2D eigenvalue weighted by Gasteiger charge is -2.09. The first-order valence-electron chi connectivity index (χ1n) is 4.47. The van der Waals surface area contributed by atoms with Gasteiger partial charge in [-0.25, -0.2) is 0 Å². The Morgan fingerprint density at radius 3 is 2.75 bits per heavy atom. The van der Waals surface area contributed by atoms with Crippen LogP contribution in [0.5, 0.6) is 11.5 Å². The Kier molecular flexibility index (Phi) is 3.16. The number of benzene rings is 1. The smallest absolute Gasteiger partial charge is 0.229 e. The predicted octanol–water partition coefficient (Wildman–Crippen LogP) is 1.69. The molecular formula is C9H10N4O2S. The summed E-state index contributed by atoms with van der Waals surface area (Å²) < 4.78 is 14.0. The van der Waals surface area contributed by atoms with E-state index in [2.05, 4.69) is 20.1 Å². The largest absolute Gasteiger partial charge is 0.497 e. The summed E-state index contributed by atoms with van der Waals surface area (Å²) in [4.78, 5) is 0. The number of rotatable bonds is 4. The van der Waals surface area contributed by atoms with Gasteiger partial charge in [0.2, 0.25) is 5.13 Å². The Hall–Kier alpha value is -1.89. The average Bonchev–Trinajstić information content (AvgIpc) is 2.82. The highest BCUT2D eigenvalue weighted by atomic mass is 32.1. The lowest BCUT2D eigenvalue weighted by molar-refractivity contribution is 0.395. The lowest BCUT2D eigenvalue weighted by atomic mass is 10.3. The normalized spacial score (nSPS) is 9.88. The summed E-state index contributed by atoms with van der Waals surface area (Å²) in [5.74, 6) is 1.41. The summed E-state index contributed by atoms with van der Waals surface area (Å²) in [5.41, 5.74) is 0.793. The van der Waals surface area contributed by atoms with Crippen LogP contribution in [0.15, 0.2) is 18.2 Å². The Morgan fingerprint density at radius 1 is 1.25 bits per heavy atom. The molecule has 7 heteroatoms. The quantitative estimate of drug-likeness (QED) is 0.874. The minimum atomic E-state index is 0.614. The summed E-state index contributed by atoms with van der Waals surface area (Å²) in [7, 11) is 3.20. The summed E-state index contributed by atoms with van der Waals surface area (Å²) in [5, 5.41) is 11.0. The van der Waals surface area contributed by atoms with Gasteiger partial charge in [0.15, 0.2) is 0 Å². The topological polar surface area (TPSA) is 69.2 Å². The number of nitrogens with zero attached hydrogens (tertiary/aromatic N) is 3. The molecule has 0 fully saturated rings. The van der Waals surface area contributed by atoms with Gasteiger partial charge in [-0.1, -0.05) is 9.59 Å². The van der Waals surface area contributed by atoms with Gasteiger partial charge in [0.25, 0.3) is 0 Å². The van der Waals surface area contributed by atoms with E-state index in [1.165, 1.54) is 11.5 Å². The molecule has 0 spiro atoms. The molecule has 0 saturated carbocycles. The van der Waals surface area contributed by atoms with Gasteiger partial charge in [-0.15, -0.1) is 0 Å². The molecule has 1 aromatic heterocycles. The van der Waals surface area contributed by atoms with Crippen LogP contribution in [0.1, 0.15) is 0 Å². The van der Waals surface area contributed by atoms with Crippen LogP contribution in [0.25, 0.3) is 0 Å². The zero-order valence-electron chi connectivity index (χ0n) is 8.80. The van der Waals surface area contributed by atoms with Crippen molar-refractivity contribution in [3.05, 3.63) is 18.2 Å². The van der Waals surface area contributed by atoms with E-state index in [1.54, 1.807) is 20.3 Å². The highest BCUT2D eigenvalue weighted by molar-refractivity contribution is 7.09. The molecule has 2 aromatic rings. The van der Waals surface area contributed by atoms with Crippen molar-refractivity contribution in [1.29, 1.82) is 0 Å². The van der Waals surface area contributed by atoms with Crippen molar-refractivity contribution in [2.24, 2.45) is 0 Å². The van der Waals surface area contributed by atoms with Crippen molar-refractivity contribution in [3.8, 4) is 11.5 Å². The maximum Gasteiger partial charge on any atom is 0.229 e. The molecule has 1 aromatic carbocycles. The van der Waals surface area contributed by atoms with Crippen molar-refractivity contribution in [2.75, 3.05) is 19.5 Å². The second kappa shape index (κ2) is 4.75. The van der Waals surface area contributed by atoms with Crippen molar-refractivity contribution < 1.29 is 9.47 Å². The number of anilines is 2. The molecule has 0 amide bonds. The molecule has 1 N–H and O–H groups in total. The fraction of sp³-hybridized carbons (Fsp3) is 0.222. The van der Waals surface area contributed by atoms with Gasteiger partial charge in [0.1, 0.15) is 11.5 Å². The van der Waals surface area contributed by atoms with E-state index in [-0.39, 0.29) is 0 Å². The molecule has 0 saturated heterocycles. The number of aromatic nitrogens is 3. The van der Waals surface area contributed by atoms with E-state index < -0.39 is 0 Å². The van der Waals surface area contributed by atoms with Crippen molar-refractivity contribution in [1.82, 2.24) is 14.8 Å². The second-order valence-corrected chi connectivity index (χ2v) is 3.59. The number of nitrogens with one attached hydrogen (secondary N) is 1. The molecule has 0 aliphatic rings. The van der Waals surface area contributed by atoms with Gasteiger partial charge in [0, 0.05) is 17.6 Å². The zero-order chi connectivity index (χ0) is 11.4. The fourth-order valence-electron chi connectivity index (χ4n) is 1.20. The van der Waals surface area contributed by atoms with Crippen LogP contribution in [-0.4, -0.2) is 29.0 Å². The van der Waals surface area contributed by atoms with E-state index >= 15 is 0 Å². The molecule has 0 atom stereocenters. The standard InChI is InChI=1S/C9H10N4O2S/c1-14-6-3-4-7(8(5-6)15-2)10-9-11-12-13-16-9/h3-5H,1-2H3,(H,10,11,13). The van der Waals surface area contributed by atoms with E-state index in [1.807, 2.05) is 12.1 Å². The van der Waals surface area contributed by atoms with E-state index in [0.29, 0.717) is 10.9 Å². The number of hydrogen-bond acceptors (Lipinski definition) is 7. The third-order valence-corrected chi connectivity index (χ3v) is 2.46. The van der Waals surface area contributed by atoms with Crippen molar-refractivity contribution in [2.45, 2.75) is 0 Å². The highest BCUT2D eigenvalue weighted by Crippen LogP contribution is 2.31. The molecule has 84 valence electrons. The Balaban J connectivity index is 2.26. The summed E-state index contributed by atoms with van der Waals surface area (Å²) in [6.45, 7) is 0. The molecule has 2 rings (SSSR count).